The van der Waals surface area contributed by atoms with Gasteiger partial charge >= 0.3 is 0 Å². The number of allylic oxidation sites excluding steroid dienone is 1. The lowest BCUT2D eigenvalue weighted by Crippen LogP contribution is -2.57. The molecule has 1 aliphatic carbocycles. The van der Waals surface area contributed by atoms with Crippen molar-refractivity contribution in [3.63, 3.8) is 0 Å². The SMILES string of the molecule is COc1cc(C2=CC(=O)[C@@H]3[C@H](O)[C@H](OC)[C@H](O)C[C@@H]3O2)ccc1O. The summed E-state index contributed by atoms with van der Waals surface area (Å²) < 4.78 is 16.0. The van der Waals surface area contributed by atoms with Crippen LogP contribution < -0.4 is 4.74 Å². The molecular weight excluding hydrogens is 316 g/mol. The van der Waals surface area contributed by atoms with Crippen LogP contribution in [0.2, 0.25) is 0 Å². The fraction of sp³-hybridized carbons (Fsp3) is 0.471. The minimum Gasteiger partial charge on any atom is -0.504 e. The summed E-state index contributed by atoms with van der Waals surface area (Å²) in [5.74, 6) is -0.506. The minimum atomic E-state index is -1.14. The Labute approximate surface area is 139 Å². The van der Waals surface area contributed by atoms with Crippen molar-refractivity contribution < 1.29 is 34.3 Å². The van der Waals surface area contributed by atoms with Crippen LogP contribution in [0.4, 0.5) is 0 Å². The number of aliphatic hydroxyl groups is 2. The highest BCUT2D eigenvalue weighted by Crippen LogP contribution is 2.38. The smallest absolute Gasteiger partial charge is 0.168 e. The van der Waals surface area contributed by atoms with Crippen molar-refractivity contribution >= 4 is 11.5 Å². The molecule has 7 nitrogen and oxygen atoms in total. The monoisotopic (exact) mass is 336 g/mol. The predicted octanol–water partition coefficient (Wildman–Crippen LogP) is 0.466. The van der Waals surface area contributed by atoms with Gasteiger partial charge in [0.15, 0.2) is 17.3 Å². The molecule has 0 saturated heterocycles. The Morgan fingerprint density at radius 1 is 1.25 bits per heavy atom. The summed E-state index contributed by atoms with van der Waals surface area (Å²) in [4.78, 5) is 12.5. The molecule has 1 fully saturated rings. The standard InChI is InChI=1S/C17H20O7/c1-22-13-5-8(3-4-9(13)18)12-6-10(19)15-14(24-12)7-11(20)17(23-2)16(15)21/h3-6,11,14-18,20-21H,7H2,1-2H3/t11-,14+,15+,16+,17-/m1/s1. The lowest BCUT2D eigenvalue weighted by molar-refractivity contribution is -0.170. The number of benzene rings is 1. The van der Waals surface area contributed by atoms with E-state index in [0.717, 1.165) is 0 Å². The largest absolute Gasteiger partial charge is 0.504 e. The van der Waals surface area contributed by atoms with E-state index in [2.05, 4.69) is 0 Å². The van der Waals surface area contributed by atoms with Crippen molar-refractivity contribution in [1.29, 1.82) is 0 Å². The van der Waals surface area contributed by atoms with Gasteiger partial charge in [-0.05, 0) is 18.2 Å². The molecule has 1 aliphatic heterocycles. The Bertz CT molecular complexity index is 669. The number of rotatable bonds is 3. The first kappa shape index (κ1) is 16.8. The van der Waals surface area contributed by atoms with Crippen molar-refractivity contribution in [2.75, 3.05) is 14.2 Å². The van der Waals surface area contributed by atoms with Gasteiger partial charge in [-0.3, -0.25) is 4.79 Å². The molecule has 7 heteroatoms. The van der Waals surface area contributed by atoms with Crippen molar-refractivity contribution in [3.8, 4) is 11.5 Å². The number of hydrogen-bond acceptors (Lipinski definition) is 7. The maximum absolute atomic E-state index is 12.5. The highest BCUT2D eigenvalue weighted by atomic mass is 16.5. The quantitative estimate of drug-likeness (QED) is 0.736. The van der Waals surface area contributed by atoms with Gasteiger partial charge < -0.3 is 29.5 Å². The van der Waals surface area contributed by atoms with Crippen LogP contribution in [0.25, 0.3) is 5.76 Å². The Balaban J connectivity index is 1.92. The summed E-state index contributed by atoms with van der Waals surface area (Å²) >= 11 is 0. The van der Waals surface area contributed by atoms with Crippen molar-refractivity contribution in [1.82, 2.24) is 0 Å². The van der Waals surface area contributed by atoms with E-state index in [4.69, 9.17) is 14.2 Å². The van der Waals surface area contributed by atoms with Crippen LogP contribution in [0, 0.1) is 5.92 Å². The first-order valence-electron chi connectivity index (χ1n) is 7.64. The average molecular weight is 336 g/mol. The van der Waals surface area contributed by atoms with E-state index in [0.29, 0.717) is 11.3 Å². The van der Waals surface area contributed by atoms with Gasteiger partial charge in [0.25, 0.3) is 0 Å². The third-order valence-electron chi connectivity index (χ3n) is 4.57. The molecule has 130 valence electrons. The number of ketones is 1. The molecule has 0 amide bonds. The molecule has 1 heterocycles. The zero-order valence-corrected chi connectivity index (χ0v) is 13.4. The van der Waals surface area contributed by atoms with Crippen molar-refractivity contribution in [2.45, 2.75) is 30.8 Å². The Morgan fingerprint density at radius 3 is 2.67 bits per heavy atom. The molecule has 0 unspecified atom stereocenters. The fourth-order valence-corrected chi connectivity index (χ4v) is 3.34. The third-order valence-corrected chi connectivity index (χ3v) is 4.57. The summed E-state index contributed by atoms with van der Waals surface area (Å²) in [5, 5.41) is 30.1. The molecule has 1 saturated carbocycles. The van der Waals surface area contributed by atoms with Gasteiger partial charge in [0, 0.05) is 25.2 Å². The molecule has 3 rings (SSSR count). The Kier molecular flexibility index (Phi) is 4.49. The van der Waals surface area contributed by atoms with Crippen LogP contribution in [0.15, 0.2) is 24.3 Å². The van der Waals surface area contributed by atoms with E-state index in [-0.39, 0.29) is 23.7 Å². The molecule has 1 aromatic rings. The second-order valence-electron chi connectivity index (χ2n) is 5.97. The van der Waals surface area contributed by atoms with Gasteiger partial charge in [-0.2, -0.15) is 0 Å². The van der Waals surface area contributed by atoms with Gasteiger partial charge in [0.2, 0.25) is 0 Å². The topological polar surface area (TPSA) is 105 Å². The summed E-state index contributed by atoms with van der Waals surface area (Å²) in [6.45, 7) is 0. The van der Waals surface area contributed by atoms with E-state index < -0.39 is 30.3 Å². The Morgan fingerprint density at radius 2 is 2.00 bits per heavy atom. The van der Waals surface area contributed by atoms with Crippen LogP contribution in [0.1, 0.15) is 12.0 Å². The van der Waals surface area contributed by atoms with E-state index in [1.165, 1.54) is 26.4 Å². The van der Waals surface area contributed by atoms with Crippen LogP contribution in [0.5, 0.6) is 11.5 Å². The van der Waals surface area contributed by atoms with Crippen LogP contribution >= 0.6 is 0 Å². The van der Waals surface area contributed by atoms with Crippen LogP contribution in [0.3, 0.4) is 0 Å². The number of aromatic hydroxyl groups is 1. The van der Waals surface area contributed by atoms with Gasteiger partial charge in [0.1, 0.15) is 18.0 Å². The molecule has 0 radical (unpaired) electrons. The van der Waals surface area contributed by atoms with Crippen molar-refractivity contribution in [2.24, 2.45) is 5.92 Å². The number of ether oxygens (including phenoxy) is 3. The van der Waals surface area contributed by atoms with Crippen LogP contribution in [-0.2, 0) is 14.3 Å². The molecule has 0 aromatic heterocycles. The highest BCUT2D eigenvalue weighted by Gasteiger charge is 2.49. The molecule has 5 atom stereocenters. The predicted molar refractivity (Wildman–Crippen MR) is 83.4 cm³/mol. The number of fused-ring (bicyclic) bond motifs is 1. The maximum Gasteiger partial charge on any atom is 0.168 e. The number of hydrogen-bond donors (Lipinski definition) is 3. The third kappa shape index (κ3) is 2.75. The zero-order chi connectivity index (χ0) is 17.4. The molecule has 24 heavy (non-hydrogen) atoms. The second-order valence-corrected chi connectivity index (χ2v) is 5.97. The van der Waals surface area contributed by atoms with E-state index in [1.807, 2.05) is 0 Å². The molecule has 3 N–H and O–H groups in total. The number of phenolic OH excluding ortho intramolecular Hbond substituents is 1. The number of carbonyl (C=O) groups excluding carboxylic acids is 1. The fourth-order valence-electron chi connectivity index (χ4n) is 3.34. The van der Waals surface area contributed by atoms with E-state index >= 15 is 0 Å². The van der Waals surface area contributed by atoms with E-state index in [1.54, 1.807) is 12.1 Å². The molecular formula is C17H20O7. The number of methoxy groups -OCH3 is 2. The molecule has 0 bridgehead atoms. The van der Waals surface area contributed by atoms with Gasteiger partial charge in [-0.25, -0.2) is 0 Å². The summed E-state index contributed by atoms with van der Waals surface area (Å²) in [6, 6.07) is 4.60. The maximum atomic E-state index is 12.5. The molecule has 1 aromatic carbocycles. The average Bonchev–Trinajstić information content (AvgIpc) is 2.54. The lowest BCUT2D eigenvalue weighted by Gasteiger charge is -2.43. The number of aliphatic hydroxyl groups excluding tert-OH is 2. The summed E-state index contributed by atoms with van der Waals surface area (Å²) in [7, 11) is 2.81. The van der Waals surface area contributed by atoms with Gasteiger partial charge in [0.05, 0.1) is 25.2 Å². The normalized spacial score (nSPS) is 32.6. The lowest BCUT2D eigenvalue weighted by atomic mass is 9.76. The second kappa shape index (κ2) is 6.43. The number of phenols is 1. The highest BCUT2D eigenvalue weighted by molar-refractivity contribution is 5.99. The first-order valence-corrected chi connectivity index (χ1v) is 7.64. The minimum absolute atomic E-state index is 0.0201. The van der Waals surface area contributed by atoms with Crippen LogP contribution in [-0.4, -0.2) is 59.7 Å². The summed E-state index contributed by atoms with van der Waals surface area (Å²) in [6.07, 6.45) is -2.02. The van der Waals surface area contributed by atoms with Crippen molar-refractivity contribution in [3.05, 3.63) is 29.8 Å². The Hall–Kier alpha value is -2.09. The van der Waals surface area contributed by atoms with Gasteiger partial charge in [-0.1, -0.05) is 0 Å². The van der Waals surface area contributed by atoms with Gasteiger partial charge in [-0.15, -0.1) is 0 Å². The summed E-state index contributed by atoms with van der Waals surface area (Å²) in [5.41, 5.74) is 0.564. The molecule has 0 spiro atoms. The van der Waals surface area contributed by atoms with E-state index in [9.17, 15) is 20.1 Å². The first-order chi connectivity index (χ1) is 11.5. The molecule has 2 aliphatic rings. The number of carbonyl (C=O) groups is 1. The zero-order valence-electron chi connectivity index (χ0n) is 13.4.